The summed E-state index contributed by atoms with van der Waals surface area (Å²) in [4.78, 5) is 10.9. The average molecular weight is 235 g/mol. The Bertz CT molecular complexity index is 400. The lowest BCUT2D eigenvalue weighted by molar-refractivity contribution is -0.139. The fraction of sp³-hybridized carbons (Fsp3) is 0.300. The molecule has 1 aromatic rings. The Balaban J connectivity index is 2.96. The molecule has 0 saturated carbocycles. The van der Waals surface area contributed by atoms with Gasteiger partial charge >= 0.3 is 6.18 Å². The molecule has 1 aromatic carbocycles. The van der Waals surface area contributed by atoms with Gasteiger partial charge in [-0.3, -0.25) is 4.79 Å². The molecule has 6 heteroatoms. The van der Waals surface area contributed by atoms with E-state index in [9.17, 15) is 22.4 Å². The quantitative estimate of drug-likeness (QED) is 0.783. The van der Waals surface area contributed by atoms with Crippen LogP contribution in [0, 0.1) is 5.82 Å². The summed E-state index contributed by atoms with van der Waals surface area (Å²) in [6.45, 7) is 1.58. The first-order chi connectivity index (χ1) is 7.34. The van der Waals surface area contributed by atoms with Crippen molar-refractivity contribution in [3.63, 3.8) is 0 Å². The minimum atomic E-state index is -4.72. The first-order valence-electron chi connectivity index (χ1n) is 4.51. The van der Waals surface area contributed by atoms with Crippen LogP contribution in [0.2, 0.25) is 0 Å². The summed E-state index contributed by atoms with van der Waals surface area (Å²) in [5, 5.41) is 2.26. The maximum Gasteiger partial charge on any atom is 0.419 e. The zero-order valence-corrected chi connectivity index (χ0v) is 8.36. The fourth-order valence-corrected chi connectivity index (χ4v) is 1.07. The molecular formula is C10H9F4NO. The van der Waals surface area contributed by atoms with Gasteiger partial charge in [-0.25, -0.2) is 4.39 Å². The smallest absolute Gasteiger partial charge is 0.326 e. The van der Waals surface area contributed by atoms with Gasteiger partial charge in [0, 0.05) is 12.1 Å². The van der Waals surface area contributed by atoms with E-state index >= 15 is 0 Å². The first-order valence-corrected chi connectivity index (χ1v) is 4.51. The van der Waals surface area contributed by atoms with Gasteiger partial charge in [-0.05, 0) is 18.2 Å². The molecule has 0 aliphatic rings. The molecule has 0 spiro atoms. The van der Waals surface area contributed by atoms with Crippen LogP contribution < -0.4 is 5.32 Å². The van der Waals surface area contributed by atoms with Gasteiger partial charge in [-0.1, -0.05) is 6.92 Å². The molecule has 0 bridgehead atoms. The van der Waals surface area contributed by atoms with Crippen LogP contribution in [-0.4, -0.2) is 5.91 Å². The Morgan fingerprint density at radius 3 is 2.44 bits per heavy atom. The van der Waals surface area contributed by atoms with Crippen molar-refractivity contribution < 1.29 is 22.4 Å². The number of nitrogens with one attached hydrogen (secondary N) is 1. The molecule has 1 N–H and O–H groups in total. The predicted octanol–water partition coefficient (Wildman–Crippen LogP) is 3.19. The summed E-state index contributed by atoms with van der Waals surface area (Å²) >= 11 is 0. The zero-order valence-electron chi connectivity index (χ0n) is 8.36. The minimum Gasteiger partial charge on any atom is -0.326 e. The molecule has 0 atom stereocenters. The van der Waals surface area contributed by atoms with Gasteiger partial charge in [-0.2, -0.15) is 13.2 Å². The van der Waals surface area contributed by atoms with Crippen molar-refractivity contribution in [2.75, 3.05) is 5.32 Å². The second-order valence-corrected chi connectivity index (χ2v) is 3.09. The van der Waals surface area contributed by atoms with Crippen molar-refractivity contribution in [2.45, 2.75) is 19.5 Å². The van der Waals surface area contributed by atoms with Crippen LogP contribution in [0.1, 0.15) is 18.9 Å². The monoisotopic (exact) mass is 235 g/mol. The number of hydrogen-bond donors (Lipinski definition) is 1. The molecule has 0 radical (unpaired) electrons. The fourth-order valence-electron chi connectivity index (χ4n) is 1.07. The summed E-state index contributed by atoms with van der Waals surface area (Å²) in [7, 11) is 0. The van der Waals surface area contributed by atoms with Crippen molar-refractivity contribution in [1.82, 2.24) is 0 Å². The normalized spacial score (nSPS) is 11.3. The van der Waals surface area contributed by atoms with Gasteiger partial charge < -0.3 is 5.32 Å². The standard InChI is InChI=1S/C10H9F4NO/c1-2-9(16)15-6-3-4-7(8(11)5-6)10(12,13)14/h3-5H,2H2,1H3,(H,15,16). The molecule has 88 valence electrons. The molecule has 1 rings (SSSR count). The van der Waals surface area contributed by atoms with Crippen LogP contribution in [0.25, 0.3) is 0 Å². The van der Waals surface area contributed by atoms with Crippen LogP contribution in [0.15, 0.2) is 18.2 Å². The topological polar surface area (TPSA) is 29.1 Å². The lowest BCUT2D eigenvalue weighted by Crippen LogP contribution is -2.12. The van der Waals surface area contributed by atoms with Crippen molar-refractivity contribution in [3.8, 4) is 0 Å². The molecule has 0 unspecified atom stereocenters. The van der Waals surface area contributed by atoms with E-state index in [1.807, 2.05) is 0 Å². The van der Waals surface area contributed by atoms with E-state index in [1.54, 1.807) is 6.92 Å². The second kappa shape index (κ2) is 4.51. The molecule has 16 heavy (non-hydrogen) atoms. The van der Waals surface area contributed by atoms with Crippen molar-refractivity contribution >= 4 is 11.6 Å². The molecule has 0 heterocycles. The number of halogens is 4. The van der Waals surface area contributed by atoms with Gasteiger partial charge in [0.25, 0.3) is 0 Å². The van der Waals surface area contributed by atoms with Gasteiger partial charge in [-0.15, -0.1) is 0 Å². The summed E-state index contributed by atoms with van der Waals surface area (Å²) < 4.78 is 49.6. The highest BCUT2D eigenvalue weighted by atomic mass is 19.4. The number of anilines is 1. The number of carbonyl (C=O) groups excluding carboxylic acids is 1. The van der Waals surface area contributed by atoms with Crippen LogP contribution in [0.3, 0.4) is 0 Å². The maximum atomic E-state index is 13.0. The summed E-state index contributed by atoms with van der Waals surface area (Å²) in [5.74, 6) is -1.79. The van der Waals surface area contributed by atoms with E-state index in [4.69, 9.17) is 0 Å². The number of hydrogen-bond acceptors (Lipinski definition) is 1. The molecule has 0 aromatic heterocycles. The molecule has 0 aliphatic heterocycles. The number of rotatable bonds is 2. The lowest BCUT2D eigenvalue weighted by atomic mass is 10.2. The van der Waals surface area contributed by atoms with Gasteiger partial charge in [0.2, 0.25) is 5.91 Å². The summed E-state index contributed by atoms with van der Waals surface area (Å²) in [5.41, 5.74) is -1.33. The van der Waals surface area contributed by atoms with E-state index in [0.29, 0.717) is 12.1 Å². The number of amides is 1. The number of alkyl halides is 3. The Kier molecular flexibility index (Phi) is 3.51. The van der Waals surface area contributed by atoms with Crippen LogP contribution in [0.5, 0.6) is 0 Å². The first kappa shape index (κ1) is 12.5. The molecule has 0 fully saturated rings. The van der Waals surface area contributed by atoms with Crippen LogP contribution >= 0.6 is 0 Å². The lowest BCUT2D eigenvalue weighted by Gasteiger charge is -2.09. The van der Waals surface area contributed by atoms with Crippen LogP contribution in [0.4, 0.5) is 23.2 Å². The highest BCUT2D eigenvalue weighted by Crippen LogP contribution is 2.32. The highest BCUT2D eigenvalue weighted by Gasteiger charge is 2.33. The third-order valence-corrected chi connectivity index (χ3v) is 1.88. The summed E-state index contributed by atoms with van der Waals surface area (Å²) in [6, 6.07) is 2.26. The van der Waals surface area contributed by atoms with Crippen molar-refractivity contribution in [2.24, 2.45) is 0 Å². The highest BCUT2D eigenvalue weighted by molar-refractivity contribution is 5.90. The minimum absolute atomic E-state index is 0.0114. The van der Waals surface area contributed by atoms with Gasteiger partial charge in [0.05, 0.1) is 5.56 Å². The van der Waals surface area contributed by atoms with Gasteiger partial charge in [0.15, 0.2) is 0 Å². The Labute approximate surface area is 89.3 Å². The molecular weight excluding hydrogens is 226 g/mol. The Hall–Kier alpha value is -1.59. The predicted molar refractivity (Wildman–Crippen MR) is 50.3 cm³/mol. The average Bonchev–Trinajstić information content (AvgIpc) is 2.15. The SMILES string of the molecule is CCC(=O)Nc1ccc(C(F)(F)F)c(F)c1. The molecule has 0 saturated heterocycles. The van der Waals surface area contributed by atoms with E-state index in [0.717, 1.165) is 6.07 Å². The van der Waals surface area contributed by atoms with Gasteiger partial charge in [0.1, 0.15) is 5.82 Å². The second-order valence-electron chi connectivity index (χ2n) is 3.09. The summed E-state index contributed by atoms with van der Waals surface area (Å²) in [6.07, 6.45) is -4.56. The molecule has 1 amide bonds. The Morgan fingerprint density at radius 2 is 2.00 bits per heavy atom. The van der Waals surface area contributed by atoms with E-state index < -0.39 is 17.6 Å². The van der Waals surface area contributed by atoms with E-state index in [2.05, 4.69) is 5.32 Å². The van der Waals surface area contributed by atoms with Crippen molar-refractivity contribution in [3.05, 3.63) is 29.6 Å². The molecule has 0 aliphatic carbocycles. The van der Waals surface area contributed by atoms with E-state index in [-0.39, 0.29) is 18.0 Å². The maximum absolute atomic E-state index is 13.0. The van der Waals surface area contributed by atoms with Crippen molar-refractivity contribution in [1.29, 1.82) is 0 Å². The number of benzene rings is 1. The zero-order chi connectivity index (χ0) is 12.3. The molecule has 2 nitrogen and oxygen atoms in total. The van der Waals surface area contributed by atoms with E-state index in [1.165, 1.54) is 0 Å². The number of carbonyl (C=O) groups is 1. The van der Waals surface area contributed by atoms with Crippen LogP contribution in [-0.2, 0) is 11.0 Å². The largest absolute Gasteiger partial charge is 0.419 e. The third kappa shape index (κ3) is 2.95. The third-order valence-electron chi connectivity index (χ3n) is 1.88. The Morgan fingerprint density at radius 1 is 1.38 bits per heavy atom.